The van der Waals surface area contributed by atoms with Gasteiger partial charge in [-0.15, -0.1) is 16.1 Å². The Kier molecular flexibility index (Phi) is 19.8. The molecule has 0 unspecified atom stereocenters. The van der Waals surface area contributed by atoms with Gasteiger partial charge < -0.3 is 24.9 Å². The van der Waals surface area contributed by atoms with Crippen molar-refractivity contribution in [3.05, 3.63) is 87.4 Å². The second-order valence-electron chi connectivity index (χ2n) is 17.4. The van der Waals surface area contributed by atoms with Crippen molar-refractivity contribution in [3.63, 3.8) is 0 Å². The first kappa shape index (κ1) is 45.9. The van der Waals surface area contributed by atoms with E-state index in [4.69, 9.17) is 19.3 Å². The Morgan fingerprint density at radius 2 is 0.705 bits per heavy atom. The van der Waals surface area contributed by atoms with Crippen LogP contribution < -0.4 is 0 Å². The van der Waals surface area contributed by atoms with Crippen LogP contribution in [0.25, 0.3) is 9.96 Å². The summed E-state index contributed by atoms with van der Waals surface area (Å²) in [5.74, 6) is 1.92. The van der Waals surface area contributed by atoms with Gasteiger partial charge >= 0.3 is 32.7 Å². The summed E-state index contributed by atoms with van der Waals surface area (Å²) in [4.78, 5) is 9.78. The van der Waals surface area contributed by atoms with Crippen molar-refractivity contribution in [1.82, 2.24) is 0 Å². The number of nitrogens with zero attached hydrogens (tertiary/aromatic N) is 4. The Bertz CT molecular complexity index is 1040. The molecule has 0 N–H and O–H groups in total. The molecule has 0 saturated heterocycles. The molecule has 2 aromatic rings. The minimum absolute atomic E-state index is 0. The number of benzene rings is 2. The molecule has 0 bridgehead atoms. The predicted molar refractivity (Wildman–Crippen MR) is 217 cm³/mol. The van der Waals surface area contributed by atoms with E-state index in [-0.39, 0.29) is 32.7 Å². The summed E-state index contributed by atoms with van der Waals surface area (Å²) in [5.41, 5.74) is 4.95. The molecule has 0 atom stereocenters. The van der Waals surface area contributed by atoms with E-state index in [1.807, 2.05) is 12.1 Å². The van der Waals surface area contributed by atoms with Gasteiger partial charge in [0.2, 0.25) is 0 Å². The van der Waals surface area contributed by atoms with E-state index in [1.54, 1.807) is 0 Å². The fraction of sp³-hybridized carbons (Fsp3) is 0.545. The van der Waals surface area contributed by atoms with Crippen LogP contribution in [0, 0.1) is 5.67 Å². The van der Waals surface area contributed by atoms with E-state index in [0.29, 0.717) is 0 Å². The number of rotatable bonds is 8. The fourth-order valence-electron chi connectivity index (χ4n) is 4.05. The van der Waals surface area contributed by atoms with Gasteiger partial charge in [-0.1, -0.05) is 190 Å². The van der Waals surface area contributed by atoms with Gasteiger partial charge in [0.1, 0.15) is 0 Å². The quantitative estimate of drug-likeness (QED) is 0.111. The van der Waals surface area contributed by atoms with E-state index >= 15 is 0 Å². The molecule has 0 aliphatic rings. The summed E-state index contributed by atoms with van der Waals surface area (Å²) in [6.45, 7) is 41.4. The molecule has 0 aromatic heterocycles. The smallest absolute Gasteiger partial charge is 0.472 e. The topological polar surface area (TPSA) is 52.9 Å². The summed E-state index contributed by atoms with van der Waals surface area (Å²) < 4.78 is 9.78. The molecule has 2 aromatic carbocycles. The predicted octanol–water partition coefficient (Wildman–Crippen LogP) is 11.9. The minimum Gasteiger partial charge on any atom is -0.472 e. The van der Waals surface area contributed by atoms with E-state index in [0.717, 1.165) is 22.8 Å². The van der Waals surface area contributed by atoms with Crippen LogP contribution in [0.1, 0.15) is 11.1 Å². The van der Waals surface area contributed by atoms with Crippen LogP contribution in [-0.4, -0.2) is 60.8 Å². The minimum atomic E-state index is -1.49. The van der Waals surface area contributed by atoms with E-state index < -0.39 is 49.1 Å². The molecule has 0 aliphatic heterocycles. The Hall–Kier alpha value is -0.215. The largest absolute Gasteiger partial charge is 3.00 e. The summed E-state index contributed by atoms with van der Waals surface area (Å²) in [7, 11) is -7.66. The van der Waals surface area contributed by atoms with Gasteiger partial charge in [0.25, 0.3) is 0 Å². The normalized spacial score (nSPS) is 13.4. The Labute approximate surface area is 305 Å². The van der Waals surface area contributed by atoms with E-state index in [9.17, 15) is 0 Å². The van der Waals surface area contributed by atoms with Crippen molar-refractivity contribution in [1.29, 1.82) is 0 Å². The molecule has 44 heavy (non-hydrogen) atoms. The van der Waals surface area contributed by atoms with Gasteiger partial charge in [0.15, 0.2) is 0 Å². The maximum Gasteiger partial charge on any atom is 3.00 e. The zero-order chi connectivity index (χ0) is 33.9. The molecule has 0 heterocycles. The third kappa shape index (κ3) is 28.0. The molecule has 0 saturated carbocycles. The van der Waals surface area contributed by atoms with Crippen LogP contribution in [0.4, 0.5) is 0 Å². The number of amidine groups is 2. The average molecular weight is 775 g/mol. The molecule has 0 radical (unpaired) electrons. The standard InChI is InChI=1S/2C13H23N2Si2.C7H19Si2.Y/c2*1-16(2,3)14-13(15-17(4,5)6)12-10-8-7-9-11-12;1-8(2,3)7-9(4,5)6;/h2*7-11H,1-6H3;7H,1-6H3;/q3*-1;+3. The molecular formula is C33H65N4Si6Y. The number of hydrogen-bond donors (Lipinski definition) is 0. The summed E-state index contributed by atoms with van der Waals surface area (Å²) in [5, 5.41) is 0. The zero-order valence-corrected chi connectivity index (χ0v) is 40.6. The monoisotopic (exact) mass is 774 g/mol. The first-order chi connectivity index (χ1) is 19.1. The third-order valence-corrected chi connectivity index (χ3v) is 15.2. The maximum atomic E-state index is 4.89. The van der Waals surface area contributed by atoms with Crippen LogP contribution in [0.2, 0.25) is 118 Å². The van der Waals surface area contributed by atoms with Crippen molar-refractivity contribution in [2.24, 2.45) is 9.32 Å². The molecule has 0 spiro atoms. The van der Waals surface area contributed by atoms with Gasteiger partial charge in [0.05, 0.1) is 0 Å². The molecule has 4 nitrogen and oxygen atoms in total. The van der Waals surface area contributed by atoms with Crippen LogP contribution in [0.15, 0.2) is 70.0 Å². The average Bonchev–Trinajstić information content (AvgIpc) is 2.74. The Morgan fingerprint density at radius 1 is 0.455 bits per heavy atom. The number of hydrogen-bond acceptors (Lipinski definition) is 2. The fourth-order valence-corrected chi connectivity index (χ4v) is 17.9. The molecule has 0 amide bonds. The van der Waals surface area contributed by atoms with E-state index in [1.165, 1.54) is 0 Å². The van der Waals surface area contributed by atoms with Crippen molar-refractivity contribution in [2.45, 2.75) is 118 Å². The van der Waals surface area contributed by atoms with Gasteiger partial charge in [-0.05, 0) is 11.1 Å². The van der Waals surface area contributed by atoms with Crippen LogP contribution in [0.5, 0.6) is 0 Å². The zero-order valence-electron chi connectivity index (χ0n) is 31.7. The van der Waals surface area contributed by atoms with Crippen molar-refractivity contribution >= 4 is 60.8 Å². The van der Waals surface area contributed by atoms with Gasteiger partial charge in [-0.3, -0.25) is 0 Å². The van der Waals surface area contributed by atoms with Crippen molar-refractivity contribution in [3.8, 4) is 0 Å². The molecule has 2 rings (SSSR count). The molecular weight excluding hydrogens is 710 g/mol. The second kappa shape index (κ2) is 19.0. The Morgan fingerprint density at radius 3 is 0.864 bits per heavy atom. The SMILES string of the molecule is C[Si](C)(C)/N=C(/[N-][Si](C)(C)C)c1ccccc1.C[Si](C)(C)/N=C(/[N-][Si](C)(C)C)c1ccccc1.C[Si](C)(C)[CH-][Si](C)(C)C.[Y+3]. The van der Waals surface area contributed by atoms with Gasteiger partial charge in [0, 0.05) is 32.9 Å². The first-order valence-electron chi connectivity index (χ1n) is 15.7. The van der Waals surface area contributed by atoms with Crippen LogP contribution in [0.3, 0.4) is 0 Å². The van der Waals surface area contributed by atoms with Gasteiger partial charge in [-0.25, -0.2) is 0 Å². The van der Waals surface area contributed by atoms with Crippen molar-refractivity contribution < 1.29 is 32.7 Å². The molecule has 11 heteroatoms. The molecule has 244 valence electrons. The third-order valence-electron chi connectivity index (χ3n) is 4.70. The summed E-state index contributed by atoms with van der Waals surface area (Å²) in [6, 6.07) is 20.7. The van der Waals surface area contributed by atoms with Crippen LogP contribution >= 0.6 is 0 Å². The second-order valence-corrected chi connectivity index (χ2v) is 46.3. The summed E-state index contributed by atoms with van der Waals surface area (Å²) in [6.07, 6.45) is 0. The van der Waals surface area contributed by atoms with Crippen LogP contribution in [-0.2, 0) is 32.7 Å². The van der Waals surface area contributed by atoms with E-state index in [2.05, 4.69) is 172 Å². The Balaban J connectivity index is 0. The van der Waals surface area contributed by atoms with Gasteiger partial charge in [-0.2, -0.15) is 0 Å². The first-order valence-corrected chi connectivity index (χ1v) is 36.6. The van der Waals surface area contributed by atoms with Crippen molar-refractivity contribution in [2.75, 3.05) is 0 Å². The molecule has 0 aliphatic carbocycles. The summed E-state index contributed by atoms with van der Waals surface area (Å²) >= 11 is 0. The maximum absolute atomic E-state index is 4.89. The molecule has 0 fully saturated rings.